The minimum Gasteiger partial charge on any atom is -0.478 e. The summed E-state index contributed by atoms with van der Waals surface area (Å²) in [5.41, 5.74) is 3.43. The number of aromatic carboxylic acids is 1. The Bertz CT molecular complexity index is 1430. The van der Waals surface area contributed by atoms with Gasteiger partial charge in [0, 0.05) is 11.3 Å². The monoisotopic (exact) mass is 467 g/mol. The number of esters is 1. The molecule has 0 saturated heterocycles. The lowest BCUT2D eigenvalue weighted by atomic mass is 9.86. The van der Waals surface area contributed by atoms with Gasteiger partial charge in [-0.05, 0) is 40.1 Å². The highest BCUT2D eigenvalue weighted by Crippen LogP contribution is 2.41. The number of hydrogen-bond acceptors (Lipinski definition) is 7. The number of allylic oxidation sites excluding steroid dienone is 1. The zero-order valence-corrected chi connectivity index (χ0v) is 18.8. The molecule has 3 aromatic carbocycles. The highest BCUT2D eigenvalue weighted by atomic mass is 16.5. The Labute approximate surface area is 200 Å². The Morgan fingerprint density at radius 3 is 2.43 bits per heavy atom. The van der Waals surface area contributed by atoms with Crippen molar-refractivity contribution in [1.82, 2.24) is 20.2 Å². The van der Waals surface area contributed by atoms with Gasteiger partial charge in [-0.3, -0.25) is 0 Å². The van der Waals surface area contributed by atoms with Gasteiger partial charge in [0.25, 0.3) is 0 Å². The van der Waals surface area contributed by atoms with Crippen molar-refractivity contribution < 1.29 is 19.4 Å². The minimum absolute atomic E-state index is 0.0425. The quantitative estimate of drug-likeness (QED) is 0.407. The minimum atomic E-state index is -1.12. The van der Waals surface area contributed by atoms with Gasteiger partial charge in [-0.1, -0.05) is 77.9 Å². The standard InChI is InChI=1S/C26H21N5O4/c1-16-21(25(34)35-15-17-9-4-2-5-10-17)23(31-26(27-16)28-29-30-31)22-19(18-11-6-3-7-12-18)13-8-14-20(22)24(32)33/h2-14,23H,15H2,1H3,(H,32,33)(H,27,28,30). The van der Waals surface area contributed by atoms with Crippen LogP contribution in [-0.2, 0) is 16.1 Å². The number of carboxylic acids is 1. The van der Waals surface area contributed by atoms with Crippen LogP contribution in [0.2, 0.25) is 0 Å². The number of rotatable bonds is 6. The lowest BCUT2D eigenvalue weighted by Crippen LogP contribution is -2.31. The summed E-state index contributed by atoms with van der Waals surface area (Å²) in [5.74, 6) is -1.42. The second-order valence-electron chi connectivity index (χ2n) is 8.01. The molecule has 0 amide bonds. The van der Waals surface area contributed by atoms with Crippen molar-refractivity contribution in [1.29, 1.82) is 0 Å². The molecule has 0 saturated carbocycles. The number of carbonyl (C=O) groups is 2. The third-order valence-corrected chi connectivity index (χ3v) is 5.84. The van der Waals surface area contributed by atoms with Gasteiger partial charge >= 0.3 is 11.9 Å². The van der Waals surface area contributed by atoms with Crippen LogP contribution < -0.4 is 5.32 Å². The molecular weight excluding hydrogens is 446 g/mol. The normalized spacial score (nSPS) is 14.7. The largest absolute Gasteiger partial charge is 0.478 e. The molecule has 0 radical (unpaired) electrons. The fourth-order valence-electron chi connectivity index (χ4n) is 4.26. The Morgan fingerprint density at radius 1 is 1.00 bits per heavy atom. The Balaban J connectivity index is 1.67. The van der Waals surface area contributed by atoms with E-state index >= 15 is 0 Å². The third-order valence-electron chi connectivity index (χ3n) is 5.84. The molecule has 1 aliphatic rings. The summed E-state index contributed by atoms with van der Waals surface area (Å²) in [7, 11) is 0. The van der Waals surface area contributed by atoms with Crippen LogP contribution in [0.15, 0.2) is 90.1 Å². The molecule has 1 aliphatic heterocycles. The van der Waals surface area contributed by atoms with Crippen LogP contribution in [0.25, 0.3) is 11.1 Å². The van der Waals surface area contributed by atoms with Crippen LogP contribution in [0.4, 0.5) is 5.95 Å². The number of anilines is 1. The number of tetrazole rings is 1. The third kappa shape index (κ3) is 4.15. The number of benzene rings is 3. The summed E-state index contributed by atoms with van der Waals surface area (Å²) in [6.45, 7) is 1.79. The zero-order valence-electron chi connectivity index (χ0n) is 18.8. The van der Waals surface area contributed by atoms with Gasteiger partial charge in [0.05, 0.1) is 11.1 Å². The summed E-state index contributed by atoms with van der Waals surface area (Å²) >= 11 is 0. The first-order chi connectivity index (χ1) is 17.0. The average molecular weight is 467 g/mol. The molecule has 0 aliphatic carbocycles. The van der Waals surface area contributed by atoms with Gasteiger partial charge in [0.2, 0.25) is 5.95 Å². The van der Waals surface area contributed by atoms with E-state index < -0.39 is 18.0 Å². The molecular formula is C26H21N5O4. The summed E-state index contributed by atoms with van der Waals surface area (Å²) in [5, 5.41) is 25.0. The van der Waals surface area contributed by atoms with Crippen molar-refractivity contribution in [3.05, 3.63) is 107 Å². The molecule has 9 nitrogen and oxygen atoms in total. The van der Waals surface area contributed by atoms with E-state index in [4.69, 9.17) is 4.74 Å². The lowest BCUT2D eigenvalue weighted by Gasteiger charge is -2.29. The van der Waals surface area contributed by atoms with E-state index in [1.54, 1.807) is 13.0 Å². The maximum atomic E-state index is 13.5. The summed E-state index contributed by atoms with van der Waals surface area (Å²) in [6.07, 6.45) is 0. The van der Waals surface area contributed by atoms with Gasteiger partial charge < -0.3 is 15.2 Å². The summed E-state index contributed by atoms with van der Waals surface area (Å²) in [4.78, 5) is 25.8. The van der Waals surface area contributed by atoms with Gasteiger partial charge in [0.1, 0.15) is 12.6 Å². The molecule has 9 heteroatoms. The molecule has 0 bridgehead atoms. The molecule has 1 atom stereocenters. The van der Waals surface area contributed by atoms with Gasteiger partial charge in [0.15, 0.2) is 0 Å². The fraction of sp³-hybridized carbons (Fsp3) is 0.115. The van der Waals surface area contributed by atoms with Crippen LogP contribution in [-0.4, -0.2) is 37.3 Å². The first-order valence-electron chi connectivity index (χ1n) is 10.9. The molecule has 2 N–H and O–H groups in total. The van der Waals surface area contributed by atoms with Crippen LogP contribution in [0.5, 0.6) is 0 Å². The highest BCUT2D eigenvalue weighted by Gasteiger charge is 2.38. The van der Waals surface area contributed by atoms with E-state index in [2.05, 4.69) is 20.8 Å². The first-order valence-corrected chi connectivity index (χ1v) is 10.9. The smallest absolute Gasteiger partial charge is 0.338 e. The molecule has 1 aromatic heterocycles. The van der Waals surface area contributed by atoms with Crippen molar-refractivity contribution >= 4 is 17.9 Å². The molecule has 4 aromatic rings. The van der Waals surface area contributed by atoms with Crippen molar-refractivity contribution in [2.75, 3.05) is 5.32 Å². The number of fused-ring (bicyclic) bond motifs is 1. The molecule has 35 heavy (non-hydrogen) atoms. The second-order valence-corrected chi connectivity index (χ2v) is 8.01. The lowest BCUT2D eigenvalue weighted by molar-refractivity contribution is -0.140. The Hall–Kier alpha value is -4.79. The topological polar surface area (TPSA) is 119 Å². The van der Waals surface area contributed by atoms with E-state index in [-0.39, 0.29) is 17.7 Å². The molecule has 1 unspecified atom stereocenters. The molecule has 5 rings (SSSR count). The zero-order chi connectivity index (χ0) is 24.4. The van der Waals surface area contributed by atoms with E-state index in [1.165, 1.54) is 10.7 Å². The van der Waals surface area contributed by atoms with Crippen molar-refractivity contribution in [3.63, 3.8) is 0 Å². The van der Waals surface area contributed by atoms with Crippen LogP contribution >= 0.6 is 0 Å². The summed E-state index contributed by atoms with van der Waals surface area (Å²) in [6, 6.07) is 22.8. The molecule has 2 heterocycles. The van der Waals surface area contributed by atoms with Crippen molar-refractivity contribution in [3.8, 4) is 11.1 Å². The van der Waals surface area contributed by atoms with Crippen LogP contribution in [0.3, 0.4) is 0 Å². The first kappa shape index (κ1) is 22.0. The molecule has 174 valence electrons. The molecule has 0 fully saturated rings. The highest BCUT2D eigenvalue weighted by molar-refractivity contribution is 5.97. The maximum Gasteiger partial charge on any atom is 0.338 e. The number of carboxylic acid groups (broad SMARTS) is 1. The van der Waals surface area contributed by atoms with Gasteiger partial charge in [-0.25, -0.2) is 9.59 Å². The number of nitrogens with one attached hydrogen (secondary N) is 1. The van der Waals surface area contributed by atoms with E-state index in [0.717, 1.165) is 11.1 Å². The second kappa shape index (κ2) is 9.22. The summed E-state index contributed by atoms with van der Waals surface area (Å²) < 4.78 is 7.08. The SMILES string of the molecule is CC1=C(C(=O)OCc2ccccc2)C(c2c(C(=O)O)cccc2-c2ccccc2)n2nnnc2N1. The maximum absolute atomic E-state index is 13.5. The van der Waals surface area contributed by atoms with E-state index in [0.29, 0.717) is 22.8 Å². The number of carbonyl (C=O) groups excluding carboxylic acids is 1. The van der Waals surface area contributed by atoms with Gasteiger partial charge in [-0.15, -0.1) is 0 Å². The predicted octanol–water partition coefficient (Wildman–Crippen LogP) is 4.07. The fourth-order valence-corrected chi connectivity index (χ4v) is 4.26. The van der Waals surface area contributed by atoms with Crippen molar-refractivity contribution in [2.24, 2.45) is 0 Å². The number of ether oxygens (including phenoxy) is 1. The molecule has 0 spiro atoms. The van der Waals surface area contributed by atoms with Gasteiger partial charge in [-0.2, -0.15) is 4.68 Å². The Morgan fingerprint density at radius 2 is 1.71 bits per heavy atom. The van der Waals surface area contributed by atoms with Crippen molar-refractivity contribution in [2.45, 2.75) is 19.6 Å². The number of hydrogen-bond donors (Lipinski definition) is 2. The number of aromatic nitrogens is 4. The number of nitrogens with zero attached hydrogens (tertiary/aromatic N) is 4. The van der Waals surface area contributed by atoms with E-state index in [9.17, 15) is 14.7 Å². The average Bonchev–Trinajstić information content (AvgIpc) is 3.35. The Kier molecular flexibility index (Phi) is 5.80. The van der Waals surface area contributed by atoms with E-state index in [1.807, 2.05) is 66.7 Å². The predicted molar refractivity (Wildman–Crippen MR) is 127 cm³/mol. The van der Waals surface area contributed by atoms with Crippen LogP contribution in [0, 0.1) is 0 Å². The van der Waals surface area contributed by atoms with Crippen LogP contribution in [0.1, 0.15) is 34.5 Å².